The molecule has 0 fully saturated rings. The van der Waals surface area contributed by atoms with Gasteiger partial charge in [0.15, 0.2) is 11.5 Å². The topological polar surface area (TPSA) is 105 Å². The van der Waals surface area contributed by atoms with Gasteiger partial charge in [0.1, 0.15) is 18.2 Å². The molecule has 2 atom stereocenters. The maximum absolute atomic E-state index is 12.6. The molecule has 0 saturated heterocycles. The van der Waals surface area contributed by atoms with Crippen molar-refractivity contribution in [2.45, 2.75) is 78.4 Å². The number of hydrogen-bond donors (Lipinski definition) is 3. The van der Waals surface area contributed by atoms with Crippen LogP contribution in [0.3, 0.4) is 0 Å². The fraction of sp³-hybridized carbons (Fsp3) is 0.556. The van der Waals surface area contributed by atoms with Gasteiger partial charge in [0.05, 0.1) is 12.0 Å². The summed E-state index contributed by atoms with van der Waals surface area (Å²) >= 11 is 1.37. The van der Waals surface area contributed by atoms with Crippen LogP contribution in [-0.4, -0.2) is 47.4 Å². The van der Waals surface area contributed by atoms with E-state index in [-0.39, 0.29) is 17.4 Å². The highest BCUT2D eigenvalue weighted by molar-refractivity contribution is 7.14. The quantitative estimate of drug-likeness (QED) is 0.386. The summed E-state index contributed by atoms with van der Waals surface area (Å²) in [4.78, 5) is 25.1. The maximum atomic E-state index is 12.6. The summed E-state index contributed by atoms with van der Waals surface area (Å²) in [7, 11) is 1.59. The molecule has 1 amide bonds. The zero-order valence-corrected chi connectivity index (χ0v) is 22.8. The number of aliphatic carboxylic acids is 1. The van der Waals surface area contributed by atoms with Crippen LogP contribution >= 0.6 is 11.3 Å². The van der Waals surface area contributed by atoms with Gasteiger partial charge < -0.3 is 25.0 Å². The van der Waals surface area contributed by atoms with E-state index in [9.17, 15) is 14.7 Å². The number of ether oxygens (including phenoxy) is 2. The van der Waals surface area contributed by atoms with Crippen LogP contribution in [0.5, 0.6) is 11.5 Å². The van der Waals surface area contributed by atoms with Crippen LogP contribution < -0.4 is 14.8 Å². The summed E-state index contributed by atoms with van der Waals surface area (Å²) in [5, 5.41) is 22.4. The summed E-state index contributed by atoms with van der Waals surface area (Å²) in [5.74, 6) is -0.353. The zero-order valence-electron chi connectivity index (χ0n) is 22.0. The Kier molecular flexibility index (Phi) is 9.00. The third-order valence-corrected chi connectivity index (χ3v) is 8.36. The van der Waals surface area contributed by atoms with Crippen LogP contribution in [0.2, 0.25) is 0 Å². The molecule has 1 aromatic carbocycles. The minimum absolute atomic E-state index is 0.122. The van der Waals surface area contributed by atoms with Crippen molar-refractivity contribution in [3.05, 3.63) is 45.6 Å². The minimum Gasteiger partial charge on any atom is -0.493 e. The Balaban J connectivity index is 2.38. The number of carbonyl (C=O) groups is 2. The first kappa shape index (κ1) is 28.7. The molecule has 2 rings (SSSR count). The Morgan fingerprint density at radius 3 is 2.20 bits per heavy atom. The second-order valence-electron chi connectivity index (χ2n) is 10.2. The molecule has 8 heteroatoms. The van der Waals surface area contributed by atoms with Crippen molar-refractivity contribution in [2.24, 2.45) is 5.41 Å². The van der Waals surface area contributed by atoms with E-state index in [1.807, 2.05) is 45.0 Å². The van der Waals surface area contributed by atoms with E-state index in [1.165, 1.54) is 18.3 Å². The predicted molar refractivity (Wildman–Crippen MR) is 139 cm³/mol. The van der Waals surface area contributed by atoms with Crippen LogP contribution in [0.1, 0.15) is 81.4 Å². The first-order valence-corrected chi connectivity index (χ1v) is 12.7. The number of methoxy groups -OCH3 is 1. The van der Waals surface area contributed by atoms with Gasteiger partial charge >= 0.3 is 5.97 Å². The van der Waals surface area contributed by atoms with Crippen molar-refractivity contribution in [3.63, 3.8) is 0 Å². The highest BCUT2D eigenvalue weighted by Crippen LogP contribution is 2.45. The largest absolute Gasteiger partial charge is 0.493 e. The van der Waals surface area contributed by atoms with Crippen molar-refractivity contribution in [1.82, 2.24) is 5.32 Å². The summed E-state index contributed by atoms with van der Waals surface area (Å²) in [6.45, 7) is 13.4. The normalized spacial score (nSPS) is 14.7. The fourth-order valence-electron chi connectivity index (χ4n) is 3.71. The second kappa shape index (κ2) is 11.0. The molecule has 3 N–H and O–H groups in total. The van der Waals surface area contributed by atoms with Crippen molar-refractivity contribution < 1.29 is 29.3 Å². The van der Waals surface area contributed by atoms with Gasteiger partial charge in [-0.1, -0.05) is 40.7 Å². The molecule has 7 nitrogen and oxygen atoms in total. The molecule has 0 bridgehead atoms. The lowest BCUT2D eigenvalue weighted by Gasteiger charge is -2.37. The van der Waals surface area contributed by atoms with Gasteiger partial charge in [-0.15, -0.1) is 11.3 Å². The molecule has 2 aromatic rings. The lowest BCUT2D eigenvalue weighted by Crippen LogP contribution is -2.45. The van der Waals surface area contributed by atoms with Gasteiger partial charge in [0, 0.05) is 10.3 Å². The highest BCUT2D eigenvalue weighted by Gasteiger charge is 2.37. The number of carbonyl (C=O) groups excluding carboxylic acids is 1. The molecule has 0 spiro atoms. The van der Waals surface area contributed by atoms with Gasteiger partial charge in [-0.2, -0.15) is 0 Å². The van der Waals surface area contributed by atoms with Gasteiger partial charge in [0.2, 0.25) is 0 Å². The third kappa shape index (κ3) is 6.16. The average molecular weight is 506 g/mol. The number of nitrogens with one attached hydrogen (secondary N) is 1. The molecule has 194 valence electrons. The minimum atomic E-state index is -1.08. The predicted octanol–water partition coefficient (Wildman–Crippen LogP) is 5.24. The Hall–Kier alpha value is -2.58. The van der Waals surface area contributed by atoms with Crippen LogP contribution in [0.25, 0.3) is 0 Å². The Morgan fingerprint density at radius 1 is 1.06 bits per heavy atom. The van der Waals surface area contributed by atoms with Gasteiger partial charge in [-0.3, -0.25) is 9.59 Å². The van der Waals surface area contributed by atoms with Gasteiger partial charge in [-0.25, -0.2) is 0 Å². The number of aliphatic hydroxyl groups is 1. The van der Waals surface area contributed by atoms with E-state index < -0.39 is 23.5 Å². The van der Waals surface area contributed by atoms with Gasteiger partial charge in [0.25, 0.3) is 5.91 Å². The van der Waals surface area contributed by atoms with Crippen LogP contribution in [0, 0.1) is 5.41 Å². The first-order chi connectivity index (χ1) is 16.2. The molecule has 0 aliphatic rings. The van der Waals surface area contributed by atoms with E-state index in [1.54, 1.807) is 20.1 Å². The first-order valence-electron chi connectivity index (χ1n) is 11.9. The smallest absolute Gasteiger partial charge is 0.325 e. The Bertz CT molecular complexity index is 1030. The molecule has 1 aromatic heterocycles. The molecule has 1 heterocycles. The van der Waals surface area contributed by atoms with E-state index in [0.29, 0.717) is 16.4 Å². The lowest BCUT2D eigenvalue weighted by molar-refractivity contribution is -0.138. The van der Waals surface area contributed by atoms with E-state index >= 15 is 0 Å². The van der Waals surface area contributed by atoms with Crippen molar-refractivity contribution in [3.8, 4) is 11.5 Å². The molecular weight excluding hydrogens is 466 g/mol. The molecule has 0 aliphatic carbocycles. The van der Waals surface area contributed by atoms with Gasteiger partial charge in [-0.05, 0) is 61.9 Å². The number of amides is 1. The number of benzene rings is 1. The Labute approximate surface area is 212 Å². The average Bonchev–Trinajstić information content (AvgIpc) is 3.29. The van der Waals surface area contributed by atoms with E-state index in [2.05, 4.69) is 19.2 Å². The summed E-state index contributed by atoms with van der Waals surface area (Å²) in [6, 6.07) is 8.54. The number of carboxylic acid groups (broad SMARTS) is 1. The number of rotatable bonds is 11. The van der Waals surface area contributed by atoms with Crippen LogP contribution in [-0.2, 0) is 10.2 Å². The third-order valence-electron chi connectivity index (χ3n) is 7.07. The summed E-state index contributed by atoms with van der Waals surface area (Å²) < 4.78 is 11.6. The number of hydrogen-bond acceptors (Lipinski definition) is 6. The number of thiophene rings is 1. The second-order valence-corrected chi connectivity index (χ2v) is 11.2. The summed E-state index contributed by atoms with van der Waals surface area (Å²) in [6.07, 6.45) is 1.58. The van der Waals surface area contributed by atoms with Crippen molar-refractivity contribution in [2.75, 3.05) is 13.7 Å². The zero-order chi connectivity index (χ0) is 26.6. The maximum Gasteiger partial charge on any atom is 0.325 e. The van der Waals surface area contributed by atoms with Crippen LogP contribution in [0.4, 0.5) is 0 Å². The van der Waals surface area contributed by atoms with Crippen molar-refractivity contribution in [1.29, 1.82) is 0 Å². The SMILES string of the molecule is CCC(CC)(c1ccc(OCC(C)(O)C(C)(C)C)c(OC)c1)c1ccc(C(=O)NC(C)C(=O)O)s1. The molecule has 0 radical (unpaired) electrons. The standard InChI is InChI=1S/C27H39NO6S/c1-9-27(10-2,22-14-13-21(35-22)23(29)28-17(3)24(30)31)18-11-12-19(20(15-18)33-8)34-16-26(7,32)25(4,5)6/h11-15,17,32H,9-10,16H2,1-8H3,(H,28,29)(H,30,31). The monoisotopic (exact) mass is 505 g/mol. The van der Waals surface area contributed by atoms with Crippen LogP contribution in [0.15, 0.2) is 30.3 Å². The molecule has 2 unspecified atom stereocenters. The fourth-order valence-corrected chi connectivity index (χ4v) is 4.98. The van der Waals surface area contributed by atoms with Crippen molar-refractivity contribution >= 4 is 23.2 Å². The van der Waals surface area contributed by atoms with E-state index in [4.69, 9.17) is 14.6 Å². The molecule has 0 aliphatic heterocycles. The van der Waals surface area contributed by atoms with E-state index in [0.717, 1.165) is 23.3 Å². The molecule has 0 saturated carbocycles. The molecule has 35 heavy (non-hydrogen) atoms. The molecular formula is C27H39NO6S. The lowest BCUT2D eigenvalue weighted by atomic mass is 9.74. The Morgan fingerprint density at radius 2 is 1.69 bits per heavy atom. The highest BCUT2D eigenvalue weighted by atomic mass is 32.1. The number of carboxylic acids is 1. The summed E-state index contributed by atoms with van der Waals surface area (Å²) in [5.41, 5.74) is -0.712.